The molecule has 1 unspecified atom stereocenters. The van der Waals surface area contributed by atoms with Crippen LogP contribution in [0.1, 0.15) is 51.9 Å². The van der Waals surface area contributed by atoms with Crippen LogP contribution in [0.15, 0.2) is 0 Å². The first-order chi connectivity index (χ1) is 9.34. The average molecular weight is 266 g/mol. The first-order valence-electron chi connectivity index (χ1n) is 8.40. The van der Waals surface area contributed by atoms with Crippen LogP contribution >= 0.6 is 0 Å². The molecular weight excluding hydrogens is 236 g/mol. The molecule has 3 heteroatoms. The van der Waals surface area contributed by atoms with E-state index in [9.17, 15) is 0 Å². The summed E-state index contributed by atoms with van der Waals surface area (Å²) in [5.74, 6) is 0.980. The van der Waals surface area contributed by atoms with Gasteiger partial charge in [-0.1, -0.05) is 12.8 Å². The molecule has 3 rings (SSSR count). The Morgan fingerprint density at radius 3 is 2.74 bits per heavy atom. The first kappa shape index (κ1) is 13.8. The Labute approximate surface area is 118 Å². The Balaban J connectivity index is 1.56. The highest BCUT2D eigenvalue weighted by Gasteiger charge is 2.45. The van der Waals surface area contributed by atoms with Crippen LogP contribution in [-0.4, -0.2) is 49.3 Å². The maximum absolute atomic E-state index is 5.52. The molecule has 1 atom stereocenters. The third kappa shape index (κ3) is 3.14. The zero-order valence-corrected chi connectivity index (χ0v) is 12.5. The molecule has 1 N–H and O–H groups in total. The van der Waals surface area contributed by atoms with Crippen molar-refractivity contribution in [1.29, 1.82) is 0 Å². The second kappa shape index (κ2) is 6.11. The van der Waals surface area contributed by atoms with Crippen molar-refractivity contribution < 1.29 is 4.74 Å². The summed E-state index contributed by atoms with van der Waals surface area (Å²) in [5, 5.41) is 3.87. The molecule has 1 saturated heterocycles. The summed E-state index contributed by atoms with van der Waals surface area (Å²) < 4.78 is 5.52. The molecule has 3 fully saturated rings. The molecular formula is C16H30N2O. The number of nitrogens with zero attached hydrogens (tertiary/aromatic N) is 1. The molecule has 1 aliphatic heterocycles. The highest BCUT2D eigenvalue weighted by atomic mass is 16.5. The third-order valence-electron chi connectivity index (χ3n) is 5.43. The summed E-state index contributed by atoms with van der Waals surface area (Å²) in [6, 6.07) is 0.776. The molecule has 110 valence electrons. The minimum absolute atomic E-state index is 0.498. The number of piperazine rings is 1. The van der Waals surface area contributed by atoms with Gasteiger partial charge in [0, 0.05) is 44.4 Å². The van der Waals surface area contributed by atoms with Crippen molar-refractivity contribution in [2.75, 3.05) is 32.8 Å². The average Bonchev–Trinajstić information content (AvgIpc) is 3.17. The molecule has 0 aromatic carbocycles. The normalized spacial score (nSPS) is 31.1. The highest BCUT2D eigenvalue weighted by Crippen LogP contribution is 2.41. The molecule has 0 aromatic heterocycles. The largest absolute Gasteiger partial charge is 0.382 e. The van der Waals surface area contributed by atoms with Crippen LogP contribution in [-0.2, 0) is 4.74 Å². The van der Waals surface area contributed by atoms with Crippen LogP contribution in [0, 0.1) is 5.92 Å². The van der Waals surface area contributed by atoms with Gasteiger partial charge >= 0.3 is 0 Å². The molecule has 19 heavy (non-hydrogen) atoms. The van der Waals surface area contributed by atoms with E-state index in [1.54, 1.807) is 0 Å². The second-order valence-electron chi connectivity index (χ2n) is 6.75. The van der Waals surface area contributed by atoms with E-state index in [-0.39, 0.29) is 0 Å². The lowest BCUT2D eigenvalue weighted by Gasteiger charge is -2.48. The molecule has 1 heterocycles. The quantitative estimate of drug-likeness (QED) is 0.747. The summed E-state index contributed by atoms with van der Waals surface area (Å²) in [7, 11) is 0. The fourth-order valence-corrected chi connectivity index (χ4v) is 4.10. The van der Waals surface area contributed by atoms with Gasteiger partial charge in [-0.05, 0) is 44.9 Å². The molecule has 0 radical (unpaired) electrons. The SMILES string of the molecule is CCOCCCN1CC(C2CC2)NCC12CCCC2. The van der Waals surface area contributed by atoms with Crippen molar-refractivity contribution in [3.05, 3.63) is 0 Å². The van der Waals surface area contributed by atoms with Crippen molar-refractivity contribution >= 4 is 0 Å². The van der Waals surface area contributed by atoms with E-state index in [4.69, 9.17) is 4.74 Å². The van der Waals surface area contributed by atoms with E-state index in [0.717, 1.165) is 25.2 Å². The van der Waals surface area contributed by atoms with Gasteiger partial charge in [-0.25, -0.2) is 0 Å². The number of nitrogens with one attached hydrogen (secondary N) is 1. The Bertz CT molecular complexity index is 284. The molecule has 3 nitrogen and oxygen atoms in total. The van der Waals surface area contributed by atoms with Gasteiger partial charge in [0.2, 0.25) is 0 Å². The van der Waals surface area contributed by atoms with E-state index >= 15 is 0 Å². The maximum atomic E-state index is 5.52. The molecule has 0 bridgehead atoms. The summed E-state index contributed by atoms with van der Waals surface area (Å²) >= 11 is 0. The van der Waals surface area contributed by atoms with Gasteiger partial charge in [0.1, 0.15) is 0 Å². The van der Waals surface area contributed by atoms with E-state index in [1.165, 1.54) is 64.6 Å². The van der Waals surface area contributed by atoms with Gasteiger partial charge in [0.25, 0.3) is 0 Å². The Kier molecular flexibility index (Phi) is 4.45. The predicted octanol–water partition coefficient (Wildman–Crippen LogP) is 2.41. The van der Waals surface area contributed by atoms with Gasteiger partial charge in [-0.2, -0.15) is 0 Å². The molecule has 1 spiro atoms. The van der Waals surface area contributed by atoms with Gasteiger partial charge in [0.15, 0.2) is 0 Å². The standard InChI is InChI=1S/C16H30N2O/c1-2-19-11-5-10-18-12-15(14-6-7-14)17-13-16(18)8-3-4-9-16/h14-15,17H,2-13H2,1H3. The van der Waals surface area contributed by atoms with Gasteiger partial charge in [-0.3, -0.25) is 4.90 Å². The molecule has 0 amide bonds. The lowest BCUT2D eigenvalue weighted by atomic mass is 9.89. The number of hydrogen-bond acceptors (Lipinski definition) is 3. The second-order valence-corrected chi connectivity index (χ2v) is 6.75. The molecule has 2 aliphatic carbocycles. The highest BCUT2D eigenvalue weighted by molar-refractivity contribution is 5.04. The zero-order chi connectivity index (χ0) is 13.1. The van der Waals surface area contributed by atoms with Crippen LogP contribution in [0.4, 0.5) is 0 Å². The number of hydrogen-bond donors (Lipinski definition) is 1. The van der Waals surface area contributed by atoms with E-state index < -0.39 is 0 Å². The van der Waals surface area contributed by atoms with Crippen LogP contribution in [0.3, 0.4) is 0 Å². The lowest BCUT2D eigenvalue weighted by Crippen LogP contribution is -2.64. The summed E-state index contributed by atoms with van der Waals surface area (Å²) in [6.45, 7) is 7.65. The van der Waals surface area contributed by atoms with Crippen molar-refractivity contribution in [2.24, 2.45) is 5.92 Å². The summed E-state index contributed by atoms with van der Waals surface area (Å²) in [6.07, 6.45) is 9.79. The van der Waals surface area contributed by atoms with Gasteiger partial charge in [-0.15, -0.1) is 0 Å². The Morgan fingerprint density at radius 1 is 1.26 bits per heavy atom. The van der Waals surface area contributed by atoms with Crippen molar-refractivity contribution in [1.82, 2.24) is 10.2 Å². The third-order valence-corrected chi connectivity index (χ3v) is 5.43. The van der Waals surface area contributed by atoms with Crippen LogP contribution in [0.2, 0.25) is 0 Å². The van der Waals surface area contributed by atoms with Crippen molar-refractivity contribution in [2.45, 2.75) is 63.5 Å². The zero-order valence-electron chi connectivity index (χ0n) is 12.5. The number of rotatable bonds is 6. The van der Waals surface area contributed by atoms with Crippen LogP contribution < -0.4 is 5.32 Å². The topological polar surface area (TPSA) is 24.5 Å². The fourth-order valence-electron chi connectivity index (χ4n) is 4.10. The summed E-state index contributed by atoms with van der Waals surface area (Å²) in [4.78, 5) is 2.83. The number of ether oxygens (including phenoxy) is 1. The lowest BCUT2D eigenvalue weighted by molar-refractivity contribution is 0.0286. The monoisotopic (exact) mass is 266 g/mol. The van der Waals surface area contributed by atoms with Crippen molar-refractivity contribution in [3.63, 3.8) is 0 Å². The maximum Gasteiger partial charge on any atom is 0.0478 e. The molecule has 2 saturated carbocycles. The van der Waals surface area contributed by atoms with Gasteiger partial charge < -0.3 is 10.1 Å². The molecule has 3 aliphatic rings. The first-order valence-corrected chi connectivity index (χ1v) is 8.40. The van der Waals surface area contributed by atoms with E-state index in [0.29, 0.717) is 5.54 Å². The van der Waals surface area contributed by atoms with Crippen LogP contribution in [0.25, 0.3) is 0 Å². The van der Waals surface area contributed by atoms with E-state index in [2.05, 4.69) is 17.1 Å². The summed E-state index contributed by atoms with van der Waals surface area (Å²) in [5.41, 5.74) is 0.498. The molecule has 0 aromatic rings. The predicted molar refractivity (Wildman–Crippen MR) is 78.4 cm³/mol. The van der Waals surface area contributed by atoms with E-state index in [1.807, 2.05) is 0 Å². The van der Waals surface area contributed by atoms with Gasteiger partial charge in [0.05, 0.1) is 0 Å². The minimum Gasteiger partial charge on any atom is -0.382 e. The minimum atomic E-state index is 0.498. The van der Waals surface area contributed by atoms with Crippen LogP contribution in [0.5, 0.6) is 0 Å². The Morgan fingerprint density at radius 2 is 2.05 bits per heavy atom. The van der Waals surface area contributed by atoms with Crippen molar-refractivity contribution in [3.8, 4) is 0 Å². The smallest absolute Gasteiger partial charge is 0.0478 e. The Hall–Kier alpha value is -0.120. The fraction of sp³-hybridized carbons (Fsp3) is 1.00.